The van der Waals surface area contributed by atoms with Crippen LogP contribution in [0, 0.1) is 0 Å². The quantitative estimate of drug-likeness (QED) is 0.223. The molecule has 0 aromatic heterocycles. The number of anilines is 1. The molecule has 0 saturated heterocycles. The maximum atomic E-state index is 13.8. The van der Waals surface area contributed by atoms with Gasteiger partial charge in [-0.1, -0.05) is 84.2 Å². The Morgan fingerprint density at radius 2 is 1.59 bits per heavy atom. The van der Waals surface area contributed by atoms with E-state index in [0.29, 0.717) is 23.0 Å². The van der Waals surface area contributed by atoms with Crippen molar-refractivity contribution in [2.75, 3.05) is 23.7 Å². The molecule has 0 aliphatic heterocycles. The first-order chi connectivity index (χ1) is 19.5. The number of sulfonamides is 1. The van der Waals surface area contributed by atoms with Gasteiger partial charge >= 0.3 is 0 Å². The largest absolute Gasteiger partial charge is 0.354 e. The van der Waals surface area contributed by atoms with E-state index in [1.807, 2.05) is 43.3 Å². The molecule has 0 aliphatic rings. The molecule has 0 heterocycles. The molecule has 11 heteroatoms. The number of rotatable bonds is 14. The van der Waals surface area contributed by atoms with Crippen LogP contribution >= 0.6 is 34.8 Å². The lowest BCUT2D eigenvalue weighted by atomic mass is 10.0. The third-order valence-electron chi connectivity index (χ3n) is 6.39. The summed E-state index contributed by atoms with van der Waals surface area (Å²) in [6, 6.07) is 20.4. The van der Waals surface area contributed by atoms with Crippen molar-refractivity contribution < 1.29 is 18.0 Å². The number of benzene rings is 3. The summed E-state index contributed by atoms with van der Waals surface area (Å²) in [5, 5.41) is 4.02. The minimum absolute atomic E-state index is 0.00102. The van der Waals surface area contributed by atoms with Crippen LogP contribution in [0.5, 0.6) is 0 Å². The van der Waals surface area contributed by atoms with E-state index in [4.69, 9.17) is 34.8 Å². The summed E-state index contributed by atoms with van der Waals surface area (Å²) >= 11 is 18.6. The number of nitrogens with zero attached hydrogens (tertiary/aromatic N) is 2. The smallest absolute Gasteiger partial charge is 0.243 e. The topological polar surface area (TPSA) is 86.8 Å². The lowest BCUT2D eigenvalue weighted by Crippen LogP contribution is -2.50. The SMILES string of the molecule is CCCNC(=O)[C@@H](Cc1ccccc1)N(Cc1cccc(Cl)c1)C(=O)CCCN(c1cc(Cl)ccc1Cl)S(C)(=O)=O. The van der Waals surface area contributed by atoms with Crippen molar-refractivity contribution in [2.45, 2.75) is 45.2 Å². The normalized spacial score (nSPS) is 12.0. The fourth-order valence-electron chi connectivity index (χ4n) is 4.41. The van der Waals surface area contributed by atoms with E-state index in [1.54, 1.807) is 29.2 Å². The van der Waals surface area contributed by atoms with Gasteiger partial charge in [0.1, 0.15) is 6.04 Å². The van der Waals surface area contributed by atoms with Crippen LogP contribution < -0.4 is 9.62 Å². The number of amides is 2. The van der Waals surface area contributed by atoms with Crippen molar-refractivity contribution in [3.05, 3.63) is 99.0 Å². The van der Waals surface area contributed by atoms with E-state index in [9.17, 15) is 18.0 Å². The predicted octanol–water partition coefficient (Wildman–Crippen LogP) is 6.36. The Bertz CT molecular complexity index is 1440. The van der Waals surface area contributed by atoms with Crippen LogP contribution in [0.3, 0.4) is 0 Å². The molecule has 41 heavy (non-hydrogen) atoms. The molecule has 3 aromatic rings. The molecule has 0 fully saturated rings. The minimum atomic E-state index is -3.72. The van der Waals surface area contributed by atoms with Gasteiger partial charge in [0.25, 0.3) is 0 Å². The number of halogens is 3. The van der Waals surface area contributed by atoms with Gasteiger partial charge in [-0.05, 0) is 54.3 Å². The lowest BCUT2D eigenvalue weighted by molar-refractivity contribution is -0.141. The van der Waals surface area contributed by atoms with Gasteiger partial charge in [0, 0.05) is 42.5 Å². The Kier molecular flexibility index (Phi) is 12.3. The van der Waals surface area contributed by atoms with Crippen LogP contribution in [0.2, 0.25) is 15.1 Å². The summed E-state index contributed by atoms with van der Waals surface area (Å²) in [7, 11) is -3.72. The Labute approximate surface area is 257 Å². The van der Waals surface area contributed by atoms with Crippen molar-refractivity contribution >= 4 is 62.3 Å². The Hall–Kier alpha value is -2.78. The summed E-state index contributed by atoms with van der Waals surface area (Å²) in [5.74, 6) is -0.544. The van der Waals surface area contributed by atoms with Crippen molar-refractivity contribution in [3.8, 4) is 0 Å². The van der Waals surface area contributed by atoms with Crippen LogP contribution in [0.25, 0.3) is 0 Å². The van der Waals surface area contributed by atoms with E-state index < -0.39 is 16.1 Å². The molecule has 220 valence electrons. The fourth-order valence-corrected chi connectivity index (χ4v) is 6.03. The lowest BCUT2D eigenvalue weighted by Gasteiger charge is -2.32. The van der Waals surface area contributed by atoms with Crippen LogP contribution in [-0.4, -0.2) is 50.5 Å². The molecule has 1 atom stereocenters. The summed E-state index contributed by atoms with van der Waals surface area (Å²) < 4.78 is 26.4. The average molecular weight is 639 g/mol. The zero-order chi connectivity index (χ0) is 30.0. The van der Waals surface area contributed by atoms with Crippen LogP contribution in [0.4, 0.5) is 5.69 Å². The summed E-state index contributed by atoms with van der Waals surface area (Å²) in [6.07, 6.45) is 2.33. The van der Waals surface area contributed by atoms with Crippen LogP contribution in [0.1, 0.15) is 37.3 Å². The second-order valence-corrected chi connectivity index (χ2v) is 12.9. The highest BCUT2D eigenvalue weighted by Gasteiger charge is 2.30. The fraction of sp³-hybridized carbons (Fsp3) is 0.333. The van der Waals surface area contributed by atoms with Gasteiger partial charge in [0.2, 0.25) is 21.8 Å². The molecule has 1 N–H and O–H groups in total. The van der Waals surface area contributed by atoms with Gasteiger partial charge in [-0.2, -0.15) is 0 Å². The van der Waals surface area contributed by atoms with E-state index in [0.717, 1.165) is 28.1 Å². The molecule has 0 bridgehead atoms. The standard InChI is InChI=1S/C30H34Cl3N3O4S/c1-3-16-34-30(38)28(19-22-9-5-4-6-10-22)35(21-23-11-7-12-24(31)18-23)29(37)13-8-17-36(41(2,39)40)27-20-25(32)14-15-26(27)33/h4-7,9-12,14-15,18,20,28H,3,8,13,16-17,19,21H2,1-2H3,(H,34,38)/t28-/m1/s1. The molecule has 2 amide bonds. The Morgan fingerprint density at radius 3 is 2.24 bits per heavy atom. The summed E-state index contributed by atoms with van der Waals surface area (Å²) in [5.41, 5.74) is 1.92. The predicted molar refractivity (Wildman–Crippen MR) is 167 cm³/mol. The minimum Gasteiger partial charge on any atom is -0.354 e. The monoisotopic (exact) mass is 637 g/mol. The number of hydrogen-bond acceptors (Lipinski definition) is 4. The van der Waals surface area contributed by atoms with Gasteiger partial charge in [-0.3, -0.25) is 13.9 Å². The molecular weight excluding hydrogens is 605 g/mol. The average Bonchev–Trinajstić information content (AvgIpc) is 2.93. The van der Waals surface area contributed by atoms with Crippen LogP contribution in [0.15, 0.2) is 72.8 Å². The van der Waals surface area contributed by atoms with E-state index in [2.05, 4.69) is 5.32 Å². The highest BCUT2D eigenvalue weighted by atomic mass is 35.5. The van der Waals surface area contributed by atoms with Crippen molar-refractivity contribution in [1.29, 1.82) is 0 Å². The van der Waals surface area contributed by atoms with Gasteiger partial charge in [0.15, 0.2) is 0 Å². The maximum absolute atomic E-state index is 13.8. The van der Waals surface area contributed by atoms with Gasteiger partial charge in [-0.15, -0.1) is 0 Å². The zero-order valence-electron chi connectivity index (χ0n) is 23.0. The highest BCUT2D eigenvalue weighted by Crippen LogP contribution is 2.31. The van der Waals surface area contributed by atoms with Gasteiger partial charge < -0.3 is 10.2 Å². The zero-order valence-corrected chi connectivity index (χ0v) is 26.1. The molecule has 0 radical (unpaired) electrons. The van der Waals surface area contributed by atoms with E-state index in [-0.39, 0.29) is 48.5 Å². The van der Waals surface area contributed by atoms with Crippen molar-refractivity contribution in [1.82, 2.24) is 10.2 Å². The number of carbonyl (C=O) groups excluding carboxylic acids is 2. The first-order valence-electron chi connectivity index (χ1n) is 13.3. The van der Waals surface area contributed by atoms with Crippen molar-refractivity contribution in [3.63, 3.8) is 0 Å². The highest BCUT2D eigenvalue weighted by molar-refractivity contribution is 7.92. The maximum Gasteiger partial charge on any atom is 0.243 e. The first kappa shape index (κ1) is 32.7. The summed E-state index contributed by atoms with van der Waals surface area (Å²) in [6.45, 7) is 2.60. The third-order valence-corrected chi connectivity index (χ3v) is 8.36. The molecule has 0 spiro atoms. The van der Waals surface area contributed by atoms with E-state index in [1.165, 1.54) is 12.1 Å². The molecule has 0 unspecified atom stereocenters. The Balaban J connectivity index is 1.89. The second kappa shape index (κ2) is 15.4. The molecule has 3 aromatic carbocycles. The van der Waals surface area contributed by atoms with E-state index >= 15 is 0 Å². The van der Waals surface area contributed by atoms with Crippen LogP contribution in [-0.2, 0) is 32.6 Å². The Morgan fingerprint density at radius 1 is 0.902 bits per heavy atom. The van der Waals surface area contributed by atoms with Crippen molar-refractivity contribution in [2.24, 2.45) is 0 Å². The number of hydrogen-bond donors (Lipinski definition) is 1. The summed E-state index contributed by atoms with van der Waals surface area (Å²) in [4.78, 5) is 28.8. The molecular formula is C30H34Cl3N3O4S. The molecule has 7 nitrogen and oxygen atoms in total. The van der Waals surface area contributed by atoms with Gasteiger partial charge in [0.05, 0.1) is 17.0 Å². The second-order valence-electron chi connectivity index (χ2n) is 9.68. The molecule has 0 aliphatic carbocycles. The van der Waals surface area contributed by atoms with Gasteiger partial charge in [-0.25, -0.2) is 8.42 Å². The first-order valence-corrected chi connectivity index (χ1v) is 16.3. The number of nitrogens with one attached hydrogen (secondary N) is 1. The molecule has 3 rings (SSSR count). The third kappa shape index (κ3) is 9.92. The number of carbonyl (C=O) groups is 2. The molecule has 0 saturated carbocycles.